The lowest BCUT2D eigenvalue weighted by Gasteiger charge is -2.27. The van der Waals surface area contributed by atoms with E-state index in [0.29, 0.717) is 32.4 Å². The molecular weight excluding hydrogens is 462 g/mol. The van der Waals surface area contributed by atoms with Gasteiger partial charge in [-0.2, -0.15) is 0 Å². The van der Waals surface area contributed by atoms with Gasteiger partial charge in [0.2, 0.25) is 17.7 Å². The minimum Gasteiger partial charge on any atom is -0.346 e. The summed E-state index contributed by atoms with van der Waals surface area (Å²) in [6.45, 7) is 8.75. The first-order valence-corrected chi connectivity index (χ1v) is 15.5. The monoisotopic (exact) mass is 523 g/mol. The molecule has 3 amide bonds. The highest BCUT2D eigenvalue weighted by Gasteiger charge is 2.31. The molecule has 0 aromatic heterocycles. The van der Waals surface area contributed by atoms with Crippen LogP contribution >= 0.6 is 0 Å². The van der Waals surface area contributed by atoms with Crippen molar-refractivity contribution in [2.75, 3.05) is 40.8 Å². The first kappa shape index (κ1) is 35.4. The summed E-state index contributed by atoms with van der Waals surface area (Å²) in [5.74, 6) is -0.749. The average molecular weight is 524 g/mol. The predicted molar refractivity (Wildman–Crippen MR) is 157 cm³/mol. The molecule has 0 unspecified atom stereocenters. The van der Waals surface area contributed by atoms with E-state index in [2.05, 4.69) is 20.8 Å². The van der Waals surface area contributed by atoms with E-state index in [1.807, 2.05) is 26.0 Å². The van der Waals surface area contributed by atoms with Crippen molar-refractivity contribution in [1.29, 1.82) is 0 Å². The Bertz CT molecular complexity index is 564. The fourth-order valence-corrected chi connectivity index (χ4v) is 4.74. The maximum atomic E-state index is 13.3. The summed E-state index contributed by atoms with van der Waals surface area (Å²) >= 11 is 0. The van der Waals surface area contributed by atoms with Gasteiger partial charge in [0.05, 0.1) is 0 Å². The molecule has 0 aliphatic carbocycles. The number of hydrogen-bond donors (Lipinski definition) is 0. The van der Waals surface area contributed by atoms with E-state index >= 15 is 0 Å². The molecule has 0 aliphatic rings. The number of amides is 3. The van der Waals surface area contributed by atoms with Gasteiger partial charge in [0.1, 0.15) is 5.92 Å². The van der Waals surface area contributed by atoms with Crippen molar-refractivity contribution < 1.29 is 14.4 Å². The molecule has 0 aliphatic heterocycles. The zero-order valence-electron chi connectivity index (χ0n) is 25.5. The Morgan fingerprint density at radius 1 is 0.486 bits per heavy atom. The van der Waals surface area contributed by atoms with Gasteiger partial charge in [-0.05, 0) is 32.1 Å². The SMILES string of the molecule is CCCCCCCN(C)C(=O)CCCC(C(=O)N(C)CCCCCCC)C(=O)N(C)CCCCCCC. The highest BCUT2D eigenvalue weighted by molar-refractivity contribution is 6.00. The van der Waals surface area contributed by atoms with Crippen LogP contribution in [0.2, 0.25) is 0 Å². The fraction of sp³-hybridized carbons (Fsp3) is 0.903. The number of hydrogen-bond acceptors (Lipinski definition) is 3. The predicted octanol–water partition coefficient (Wildman–Crippen LogP) is 7.06. The Balaban J connectivity index is 4.88. The number of rotatable bonds is 24. The molecule has 0 atom stereocenters. The Hall–Kier alpha value is -1.59. The molecule has 0 bridgehead atoms. The normalized spacial score (nSPS) is 11.1. The van der Waals surface area contributed by atoms with E-state index in [1.165, 1.54) is 57.8 Å². The molecule has 0 aromatic rings. The van der Waals surface area contributed by atoms with Crippen molar-refractivity contribution in [3.63, 3.8) is 0 Å². The smallest absolute Gasteiger partial charge is 0.234 e. The molecule has 0 radical (unpaired) electrons. The third-order valence-corrected chi connectivity index (χ3v) is 7.45. The maximum Gasteiger partial charge on any atom is 0.234 e. The Morgan fingerprint density at radius 2 is 0.838 bits per heavy atom. The van der Waals surface area contributed by atoms with Crippen LogP contribution in [-0.4, -0.2) is 73.2 Å². The molecule has 0 saturated carbocycles. The maximum absolute atomic E-state index is 13.3. The van der Waals surface area contributed by atoms with Crippen molar-refractivity contribution in [3.05, 3.63) is 0 Å². The van der Waals surface area contributed by atoms with Crippen LogP contribution in [-0.2, 0) is 14.4 Å². The second kappa shape index (κ2) is 23.5. The summed E-state index contributed by atoms with van der Waals surface area (Å²) < 4.78 is 0. The molecule has 6 nitrogen and oxygen atoms in total. The molecule has 218 valence electrons. The van der Waals surface area contributed by atoms with Gasteiger partial charge >= 0.3 is 0 Å². The zero-order chi connectivity index (χ0) is 27.9. The first-order valence-electron chi connectivity index (χ1n) is 15.5. The Morgan fingerprint density at radius 3 is 1.22 bits per heavy atom. The Kier molecular flexibility index (Phi) is 22.5. The average Bonchev–Trinajstić information content (AvgIpc) is 2.89. The van der Waals surface area contributed by atoms with Crippen LogP contribution in [0.3, 0.4) is 0 Å². The van der Waals surface area contributed by atoms with Gasteiger partial charge in [0, 0.05) is 47.2 Å². The molecular formula is C31H61N3O3. The van der Waals surface area contributed by atoms with Gasteiger partial charge in [-0.1, -0.05) is 97.8 Å². The number of nitrogens with zero attached hydrogens (tertiary/aromatic N) is 3. The lowest BCUT2D eigenvalue weighted by Crippen LogP contribution is -2.43. The van der Waals surface area contributed by atoms with E-state index < -0.39 is 5.92 Å². The van der Waals surface area contributed by atoms with Crippen molar-refractivity contribution in [2.45, 2.75) is 136 Å². The Labute approximate surface area is 229 Å². The topological polar surface area (TPSA) is 60.9 Å². The van der Waals surface area contributed by atoms with E-state index in [1.54, 1.807) is 9.80 Å². The summed E-state index contributed by atoms with van der Waals surface area (Å²) in [6.07, 6.45) is 18.7. The van der Waals surface area contributed by atoms with Crippen LogP contribution in [0.15, 0.2) is 0 Å². The third kappa shape index (κ3) is 17.5. The first-order chi connectivity index (χ1) is 17.8. The molecule has 0 fully saturated rings. The molecule has 0 aromatic carbocycles. The number of carbonyl (C=O) groups excluding carboxylic acids is 3. The van der Waals surface area contributed by atoms with Gasteiger partial charge < -0.3 is 14.7 Å². The summed E-state index contributed by atoms with van der Waals surface area (Å²) in [5, 5.41) is 0. The number of carbonyl (C=O) groups is 3. The highest BCUT2D eigenvalue weighted by Crippen LogP contribution is 2.17. The summed E-state index contributed by atoms with van der Waals surface area (Å²) in [7, 11) is 5.52. The van der Waals surface area contributed by atoms with Crippen molar-refractivity contribution >= 4 is 17.7 Å². The second-order valence-electron chi connectivity index (χ2n) is 11.0. The summed E-state index contributed by atoms with van der Waals surface area (Å²) in [5.41, 5.74) is 0. The van der Waals surface area contributed by atoms with Crippen LogP contribution in [0.25, 0.3) is 0 Å². The quantitative estimate of drug-likeness (QED) is 0.100. The van der Waals surface area contributed by atoms with Gasteiger partial charge in [0.25, 0.3) is 0 Å². The van der Waals surface area contributed by atoms with Crippen molar-refractivity contribution in [2.24, 2.45) is 5.92 Å². The van der Waals surface area contributed by atoms with E-state index in [0.717, 1.165) is 45.1 Å². The van der Waals surface area contributed by atoms with Crippen LogP contribution in [0.5, 0.6) is 0 Å². The van der Waals surface area contributed by atoms with Gasteiger partial charge in [0.15, 0.2) is 0 Å². The second-order valence-corrected chi connectivity index (χ2v) is 11.0. The minimum atomic E-state index is -0.687. The third-order valence-electron chi connectivity index (χ3n) is 7.45. The summed E-state index contributed by atoms with van der Waals surface area (Å²) in [4.78, 5) is 44.6. The number of unbranched alkanes of at least 4 members (excludes halogenated alkanes) is 12. The van der Waals surface area contributed by atoms with Gasteiger partial charge in [-0.25, -0.2) is 0 Å². The molecule has 0 rings (SSSR count). The summed E-state index contributed by atoms with van der Waals surface area (Å²) in [6, 6.07) is 0. The molecule has 0 spiro atoms. The van der Waals surface area contributed by atoms with E-state index in [9.17, 15) is 14.4 Å². The molecule has 0 heterocycles. The standard InChI is InChI=1S/C31H61N3O3/c1-7-10-13-16-19-25-32(4)29(35)24-22-23-28(30(36)33(5)26-20-17-14-11-8-2)31(37)34(6)27-21-18-15-12-9-3/h28H,7-27H2,1-6H3. The lowest BCUT2D eigenvalue weighted by atomic mass is 9.97. The minimum absolute atomic E-state index is 0.0879. The van der Waals surface area contributed by atoms with Crippen LogP contribution < -0.4 is 0 Å². The van der Waals surface area contributed by atoms with Crippen molar-refractivity contribution in [1.82, 2.24) is 14.7 Å². The van der Waals surface area contributed by atoms with Gasteiger partial charge in [-0.15, -0.1) is 0 Å². The molecule has 0 saturated heterocycles. The zero-order valence-corrected chi connectivity index (χ0v) is 25.5. The molecule has 6 heteroatoms. The largest absolute Gasteiger partial charge is 0.346 e. The van der Waals surface area contributed by atoms with Crippen LogP contribution in [0.4, 0.5) is 0 Å². The van der Waals surface area contributed by atoms with E-state index in [-0.39, 0.29) is 17.7 Å². The van der Waals surface area contributed by atoms with E-state index in [4.69, 9.17) is 0 Å². The highest BCUT2D eigenvalue weighted by atomic mass is 16.2. The molecule has 0 N–H and O–H groups in total. The fourth-order valence-electron chi connectivity index (χ4n) is 4.74. The van der Waals surface area contributed by atoms with Crippen LogP contribution in [0, 0.1) is 5.92 Å². The van der Waals surface area contributed by atoms with Crippen LogP contribution in [0.1, 0.15) is 136 Å². The van der Waals surface area contributed by atoms with Crippen molar-refractivity contribution in [3.8, 4) is 0 Å². The lowest BCUT2D eigenvalue weighted by molar-refractivity contribution is -0.146. The van der Waals surface area contributed by atoms with Gasteiger partial charge in [-0.3, -0.25) is 14.4 Å². The molecule has 37 heavy (non-hydrogen) atoms.